The Kier molecular flexibility index (Phi) is 3.54. The molecule has 4 heteroatoms. The molecule has 0 spiro atoms. The minimum absolute atomic E-state index is 0.828. The highest BCUT2D eigenvalue weighted by Crippen LogP contribution is 2.20. The number of nitrogens with zero attached hydrogens (tertiary/aromatic N) is 3. The predicted octanol–water partition coefficient (Wildman–Crippen LogP) is 3.46. The highest BCUT2D eigenvalue weighted by Gasteiger charge is 2.10. The molecule has 0 saturated carbocycles. The van der Waals surface area contributed by atoms with Gasteiger partial charge in [0.1, 0.15) is 11.6 Å². The lowest BCUT2D eigenvalue weighted by Gasteiger charge is -2.04. The molecular weight excluding hydrogens is 248 g/mol. The van der Waals surface area contributed by atoms with Gasteiger partial charge in [0, 0.05) is 30.1 Å². The van der Waals surface area contributed by atoms with E-state index >= 15 is 0 Å². The topological polar surface area (TPSA) is 46.5 Å². The molecule has 4 nitrogen and oxygen atoms in total. The van der Waals surface area contributed by atoms with E-state index < -0.39 is 0 Å². The Balaban J connectivity index is 1.90. The number of para-hydroxylation sites is 1. The Hall–Kier alpha value is -2.10. The first kappa shape index (κ1) is 12.9. The molecule has 1 N–H and O–H groups in total. The van der Waals surface area contributed by atoms with Gasteiger partial charge in [0.05, 0.1) is 0 Å². The van der Waals surface area contributed by atoms with Crippen molar-refractivity contribution < 1.29 is 0 Å². The van der Waals surface area contributed by atoms with Crippen LogP contribution in [0.15, 0.2) is 30.5 Å². The lowest BCUT2D eigenvalue weighted by atomic mass is 10.1. The van der Waals surface area contributed by atoms with Gasteiger partial charge in [-0.2, -0.15) is 5.10 Å². The summed E-state index contributed by atoms with van der Waals surface area (Å²) in [4.78, 5) is 7.90. The van der Waals surface area contributed by atoms with E-state index in [1.54, 1.807) is 0 Å². The van der Waals surface area contributed by atoms with Gasteiger partial charge in [-0.15, -0.1) is 0 Å². The number of nitrogens with one attached hydrogen (secondary N) is 1. The first-order valence-corrected chi connectivity index (χ1v) is 7.23. The van der Waals surface area contributed by atoms with Gasteiger partial charge in [0.25, 0.3) is 0 Å². The largest absolute Gasteiger partial charge is 0.361 e. The highest BCUT2D eigenvalue weighted by atomic mass is 15.3. The second kappa shape index (κ2) is 5.49. The Labute approximate surface area is 118 Å². The van der Waals surface area contributed by atoms with Crippen molar-refractivity contribution in [2.45, 2.75) is 39.7 Å². The Morgan fingerprint density at radius 2 is 2.10 bits per heavy atom. The number of benzene rings is 1. The van der Waals surface area contributed by atoms with Crippen LogP contribution >= 0.6 is 0 Å². The maximum Gasteiger partial charge on any atom is 0.147 e. The predicted molar refractivity (Wildman–Crippen MR) is 80.8 cm³/mol. The fraction of sp³-hybridized carbons (Fsp3) is 0.375. The van der Waals surface area contributed by atoms with Gasteiger partial charge < -0.3 is 4.98 Å². The van der Waals surface area contributed by atoms with Crippen molar-refractivity contribution in [2.75, 3.05) is 0 Å². The normalized spacial score (nSPS) is 11.3. The molecule has 0 aliphatic heterocycles. The van der Waals surface area contributed by atoms with Gasteiger partial charge in [-0.1, -0.05) is 31.5 Å². The number of unbranched alkanes of at least 4 members (excludes halogenated alkanes) is 1. The molecule has 3 aromatic rings. The quantitative estimate of drug-likeness (QED) is 0.770. The monoisotopic (exact) mass is 268 g/mol. The molecule has 0 bridgehead atoms. The molecule has 0 unspecified atom stereocenters. The third-order valence-corrected chi connectivity index (χ3v) is 3.60. The molecule has 1 aromatic carbocycles. The summed E-state index contributed by atoms with van der Waals surface area (Å²) < 4.78 is 2.06. The van der Waals surface area contributed by atoms with Gasteiger partial charge in [-0.25, -0.2) is 9.67 Å². The van der Waals surface area contributed by atoms with Crippen molar-refractivity contribution in [1.29, 1.82) is 0 Å². The highest BCUT2D eigenvalue weighted by molar-refractivity contribution is 5.83. The lowest BCUT2D eigenvalue weighted by Crippen LogP contribution is -2.06. The van der Waals surface area contributed by atoms with Crippen LogP contribution in [0.5, 0.6) is 0 Å². The van der Waals surface area contributed by atoms with Crippen LogP contribution < -0.4 is 0 Å². The maximum absolute atomic E-state index is 4.58. The van der Waals surface area contributed by atoms with Gasteiger partial charge >= 0.3 is 0 Å². The summed E-state index contributed by atoms with van der Waals surface area (Å²) >= 11 is 0. The zero-order chi connectivity index (χ0) is 13.9. The average molecular weight is 268 g/mol. The Morgan fingerprint density at radius 3 is 2.95 bits per heavy atom. The van der Waals surface area contributed by atoms with Crippen molar-refractivity contribution in [2.24, 2.45) is 0 Å². The number of hydrogen-bond donors (Lipinski definition) is 1. The van der Waals surface area contributed by atoms with E-state index in [0.717, 1.165) is 31.0 Å². The fourth-order valence-corrected chi connectivity index (χ4v) is 2.57. The minimum atomic E-state index is 0.828. The van der Waals surface area contributed by atoms with Crippen molar-refractivity contribution in [3.63, 3.8) is 0 Å². The zero-order valence-corrected chi connectivity index (χ0v) is 12.1. The smallest absolute Gasteiger partial charge is 0.147 e. The first-order valence-electron chi connectivity index (χ1n) is 7.23. The van der Waals surface area contributed by atoms with E-state index in [1.807, 2.05) is 6.92 Å². The van der Waals surface area contributed by atoms with Gasteiger partial charge in [-0.05, 0) is 25.0 Å². The average Bonchev–Trinajstić information content (AvgIpc) is 3.01. The molecular formula is C16H20N4. The molecule has 0 fully saturated rings. The second-order valence-electron chi connectivity index (χ2n) is 5.19. The van der Waals surface area contributed by atoms with Crippen molar-refractivity contribution in [3.8, 4) is 0 Å². The van der Waals surface area contributed by atoms with Crippen LogP contribution in [0, 0.1) is 6.92 Å². The molecule has 0 amide bonds. The van der Waals surface area contributed by atoms with Gasteiger partial charge in [-0.3, -0.25) is 0 Å². The molecule has 0 saturated heterocycles. The number of rotatable bonds is 5. The summed E-state index contributed by atoms with van der Waals surface area (Å²) in [6, 6.07) is 8.38. The molecule has 0 aliphatic carbocycles. The zero-order valence-electron chi connectivity index (χ0n) is 12.1. The minimum Gasteiger partial charge on any atom is -0.361 e. The number of aromatic nitrogens is 4. The van der Waals surface area contributed by atoms with Crippen LogP contribution in [0.2, 0.25) is 0 Å². The number of fused-ring (bicyclic) bond motifs is 1. The SMILES string of the molecule is CCCCn1nc(C)nc1Cc1c[nH]c2ccccc12. The second-order valence-corrected chi connectivity index (χ2v) is 5.19. The summed E-state index contributed by atoms with van der Waals surface area (Å²) in [5, 5.41) is 5.78. The van der Waals surface area contributed by atoms with E-state index in [-0.39, 0.29) is 0 Å². The summed E-state index contributed by atoms with van der Waals surface area (Å²) in [7, 11) is 0. The van der Waals surface area contributed by atoms with Crippen LogP contribution in [0.4, 0.5) is 0 Å². The number of hydrogen-bond acceptors (Lipinski definition) is 2. The summed E-state index contributed by atoms with van der Waals surface area (Å²) in [5.41, 5.74) is 2.46. The molecule has 0 atom stereocenters. The fourth-order valence-electron chi connectivity index (χ4n) is 2.57. The third-order valence-electron chi connectivity index (χ3n) is 3.60. The van der Waals surface area contributed by atoms with Crippen molar-refractivity contribution in [1.82, 2.24) is 19.7 Å². The third kappa shape index (κ3) is 2.46. The molecule has 104 valence electrons. The summed E-state index contributed by atoms with van der Waals surface area (Å²) in [6.07, 6.45) is 5.22. The van der Waals surface area contributed by atoms with Gasteiger partial charge in [0.2, 0.25) is 0 Å². The van der Waals surface area contributed by atoms with E-state index in [4.69, 9.17) is 0 Å². The summed E-state index contributed by atoms with van der Waals surface area (Å²) in [6.45, 7) is 5.11. The molecule has 0 aliphatic rings. The van der Waals surface area contributed by atoms with Crippen LogP contribution in [0.1, 0.15) is 37.0 Å². The Morgan fingerprint density at radius 1 is 1.25 bits per heavy atom. The van der Waals surface area contributed by atoms with Crippen LogP contribution in [-0.4, -0.2) is 19.7 Å². The molecule has 0 radical (unpaired) electrons. The maximum atomic E-state index is 4.58. The van der Waals surface area contributed by atoms with Crippen LogP contribution in [0.3, 0.4) is 0 Å². The molecule has 20 heavy (non-hydrogen) atoms. The number of aryl methyl sites for hydroxylation is 2. The Bertz CT molecular complexity index is 708. The van der Waals surface area contributed by atoms with E-state index in [9.17, 15) is 0 Å². The first-order chi connectivity index (χ1) is 9.78. The van der Waals surface area contributed by atoms with Crippen molar-refractivity contribution in [3.05, 3.63) is 47.7 Å². The summed E-state index contributed by atoms with van der Waals surface area (Å²) in [5.74, 6) is 1.91. The van der Waals surface area contributed by atoms with Gasteiger partial charge in [0.15, 0.2) is 0 Å². The molecule has 2 heterocycles. The van der Waals surface area contributed by atoms with Crippen LogP contribution in [-0.2, 0) is 13.0 Å². The lowest BCUT2D eigenvalue weighted by molar-refractivity contribution is 0.548. The molecule has 3 rings (SSSR count). The van der Waals surface area contributed by atoms with E-state index in [1.165, 1.54) is 22.9 Å². The number of aromatic amines is 1. The van der Waals surface area contributed by atoms with Crippen LogP contribution in [0.25, 0.3) is 10.9 Å². The molecule has 2 aromatic heterocycles. The van der Waals surface area contributed by atoms with Crippen molar-refractivity contribution >= 4 is 10.9 Å². The standard InChI is InChI=1S/C16H20N4/c1-3-4-9-20-16(18-12(2)19-20)10-13-11-17-15-8-6-5-7-14(13)15/h5-8,11,17H,3-4,9-10H2,1-2H3. The van der Waals surface area contributed by atoms with E-state index in [2.05, 4.69) is 57.1 Å². The number of H-pyrrole nitrogens is 1. The van der Waals surface area contributed by atoms with E-state index in [0.29, 0.717) is 0 Å².